The highest BCUT2D eigenvalue weighted by atomic mass is 16.1. The van der Waals surface area contributed by atoms with Gasteiger partial charge in [0.05, 0.1) is 11.0 Å². The summed E-state index contributed by atoms with van der Waals surface area (Å²) in [6, 6.07) is 12.2. The molecule has 0 radical (unpaired) electrons. The van der Waals surface area contributed by atoms with Crippen LogP contribution in [0.1, 0.15) is 49.7 Å². The molecule has 0 bridgehead atoms. The molecular weight excluding hydrogens is 334 g/mol. The van der Waals surface area contributed by atoms with E-state index in [0.29, 0.717) is 12.3 Å². The Morgan fingerprint density at radius 1 is 1.07 bits per heavy atom. The molecule has 0 spiro atoms. The van der Waals surface area contributed by atoms with Crippen LogP contribution in [0.2, 0.25) is 0 Å². The summed E-state index contributed by atoms with van der Waals surface area (Å²) in [6.07, 6.45) is 6.88. The molecule has 0 atom stereocenters. The monoisotopic (exact) mass is 361 g/mol. The molecule has 4 rings (SSSR count). The molecule has 1 aliphatic carbocycles. The van der Waals surface area contributed by atoms with E-state index in [1.54, 1.807) is 0 Å². The summed E-state index contributed by atoms with van der Waals surface area (Å²) in [5.74, 6) is 1.54. The zero-order chi connectivity index (χ0) is 18.8. The highest BCUT2D eigenvalue weighted by Crippen LogP contribution is 2.27. The Hall–Kier alpha value is -2.62. The van der Waals surface area contributed by atoms with Gasteiger partial charge in [0, 0.05) is 17.7 Å². The molecule has 1 aromatic heterocycles. The lowest BCUT2D eigenvalue weighted by Crippen LogP contribution is -2.18. The average molecular weight is 361 g/mol. The Balaban J connectivity index is 1.44. The van der Waals surface area contributed by atoms with Gasteiger partial charge in [-0.1, -0.05) is 19.3 Å². The summed E-state index contributed by atoms with van der Waals surface area (Å²) in [5.41, 5.74) is 6.41. The van der Waals surface area contributed by atoms with Crippen molar-refractivity contribution in [2.24, 2.45) is 5.92 Å². The SMILES string of the molecule is Cc1cc2nc(-c3ccc(NC(=O)CC4CCCCC4)cc3)[nH]c2cc1C. The molecule has 1 fully saturated rings. The van der Waals surface area contributed by atoms with E-state index in [2.05, 4.69) is 36.3 Å². The maximum Gasteiger partial charge on any atom is 0.224 e. The Labute approximate surface area is 160 Å². The van der Waals surface area contributed by atoms with E-state index in [9.17, 15) is 4.79 Å². The van der Waals surface area contributed by atoms with Crippen molar-refractivity contribution in [3.8, 4) is 11.4 Å². The smallest absolute Gasteiger partial charge is 0.224 e. The fourth-order valence-corrected chi connectivity index (χ4v) is 3.98. The van der Waals surface area contributed by atoms with Gasteiger partial charge in [-0.05, 0) is 80.1 Å². The molecule has 1 saturated carbocycles. The lowest BCUT2D eigenvalue weighted by molar-refractivity contribution is -0.117. The van der Waals surface area contributed by atoms with E-state index < -0.39 is 0 Å². The molecular formula is C23H27N3O. The van der Waals surface area contributed by atoms with Gasteiger partial charge >= 0.3 is 0 Å². The first-order valence-corrected chi connectivity index (χ1v) is 9.96. The van der Waals surface area contributed by atoms with Crippen LogP contribution in [0.4, 0.5) is 5.69 Å². The van der Waals surface area contributed by atoms with Gasteiger partial charge in [-0.2, -0.15) is 0 Å². The first-order chi connectivity index (χ1) is 13.1. The molecule has 4 nitrogen and oxygen atoms in total. The van der Waals surface area contributed by atoms with Crippen LogP contribution in [0.15, 0.2) is 36.4 Å². The number of hydrogen-bond acceptors (Lipinski definition) is 2. The number of carbonyl (C=O) groups is 1. The lowest BCUT2D eigenvalue weighted by Gasteiger charge is -2.20. The van der Waals surface area contributed by atoms with Crippen molar-refractivity contribution in [1.82, 2.24) is 9.97 Å². The number of hydrogen-bond donors (Lipinski definition) is 2. The number of fused-ring (bicyclic) bond motifs is 1. The highest BCUT2D eigenvalue weighted by molar-refractivity contribution is 5.91. The maximum atomic E-state index is 12.3. The summed E-state index contributed by atoms with van der Waals surface area (Å²) in [4.78, 5) is 20.4. The van der Waals surface area contributed by atoms with Gasteiger partial charge in [-0.25, -0.2) is 4.98 Å². The molecule has 0 unspecified atom stereocenters. The number of rotatable bonds is 4. The molecule has 1 heterocycles. The number of imidazole rings is 1. The minimum Gasteiger partial charge on any atom is -0.338 e. The van der Waals surface area contributed by atoms with Gasteiger partial charge in [-0.15, -0.1) is 0 Å². The normalized spacial score (nSPS) is 15.2. The fourth-order valence-electron chi connectivity index (χ4n) is 3.98. The van der Waals surface area contributed by atoms with Crippen molar-refractivity contribution in [2.45, 2.75) is 52.4 Å². The van der Waals surface area contributed by atoms with Crippen LogP contribution < -0.4 is 5.32 Å². The standard InChI is InChI=1S/C23H27N3O/c1-15-12-20-21(13-16(15)2)26-23(25-20)18-8-10-19(11-9-18)24-22(27)14-17-6-4-3-5-7-17/h8-13,17H,3-7,14H2,1-2H3,(H,24,27)(H,25,26). The molecule has 4 heteroatoms. The largest absolute Gasteiger partial charge is 0.338 e. The van der Waals surface area contributed by atoms with Crippen LogP contribution >= 0.6 is 0 Å². The van der Waals surface area contributed by atoms with Crippen LogP contribution in [-0.4, -0.2) is 15.9 Å². The highest BCUT2D eigenvalue weighted by Gasteiger charge is 2.17. The van der Waals surface area contributed by atoms with E-state index in [0.717, 1.165) is 28.1 Å². The number of nitrogens with one attached hydrogen (secondary N) is 2. The third-order valence-electron chi connectivity index (χ3n) is 5.74. The van der Waals surface area contributed by atoms with Gasteiger partial charge in [0.25, 0.3) is 0 Å². The third kappa shape index (κ3) is 4.05. The lowest BCUT2D eigenvalue weighted by atomic mass is 9.87. The predicted molar refractivity (Wildman–Crippen MR) is 111 cm³/mol. The van der Waals surface area contributed by atoms with Crippen molar-refractivity contribution in [2.75, 3.05) is 5.32 Å². The minimum absolute atomic E-state index is 0.129. The van der Waals surface area contributed by atoms with Gasteiger partial charge in [0.2, 0.25) is 5.91 Å². The van der Waals surface area contributed by atoms with Crippen LogP contribution in [0, 0.1) is 19.8 Å². The Bertz CT molecular complexity index is 911. The number of aryl methyl sites for hydroxylation is 2. The molecule has 1 aliphatic rings. The van der Waals surface area contributed by atoms with Crippen LogP contribution in [0.5, 0.6) is 0 Å². The zero-order valence-corrected chi connectivity index (χ0v) is 16.1. The van der Waals surface area contributed by atoms with Gasteiger partial charge in [0.1, 0.15) is 5.82 Å². The summed E-state index contributed by atoms with van der Waals surface area (Å²) in [7, 11) is 0. The number of benzene rings is 2. The second-order valence-electron chi connectivity index (χ2n) is 7.87. The number of aromatic amines is 1. The van der Waals surface area contributed by atoms with E-state index in [4.69, 9.17) is 4.98 Å². The third-order valence-corrected chi connectivity index (χ3v) is 5.74. The number of aromatic nitrogens is 2. The second kappa shape index (κ2) is 7.55. The number of anilines is 1. The Morgan fingerprint density at radius 3 is 2.52 bits per heavy atom. The summed E-state index contributed by atoms with van der Waals surface area (Å²) < 4.78 is 0. The number of carbonyl (C=O) groups excluding carboxylic acids is 1. The van der Waals surface area contributed by atoms with E-state index in [-0.39, 0.29) is 5.91 Å². The van der Waals surface area contributed by atoms with Crippen molar-refractivity contribution < 1.29 is 4.79 Å². The maximum absolute atomic E-state index is 12.3. The molecule has 0 saturated heterocycles. The molecule has 140 valence electrons. The van der Waals surface area contributed by atoms with E-state index >= 15 is 0 Å². The molecule has 27 heavy (non-hydrogen) atoms. The van der Waals surface area contributed by atoms with Gasteiger partial charge in [-0.3, -0.25) is 4.79 Å². The molecule has 0 aliphatic heterocycles. The number of nitrogens with zero attached hydrogens (tertiary/aromatic N) is 1. The first kappa shape index (κ1) is 17.8. The number of H-pyrrole nitrogens is 1. The average Bonchev–Trinajstić information content (AvgIpc) is 3.06. The zero-order valence-electron chi connectivity index (χ0n) is 16.1. The van der Waals surface area contributed by atoms with Crippen LogP contribution in [-0.2, 0) is 4.79 Å². The van der Waals surface area contributed by atoms with Crippen molar-refractivity contribution in [3.63, 3.8) is 0 Å². The number of amides is 1. The topological polar surface area (TPSA) is 57.8 Å². The van der Waals surface area contributed by atoms with Crippen molar-refractivity contribution >= 4 is 22.6 Å². The van der Waals surface area contributed by atoms with Crippen LogP contribution in [0.25, 0.3) is 22.4 Å². The predicted octanol–water partition coefficient (Wildman–Crippen LogP) is 5.76. The first-order valence-electron chi connectivity index (χ1n) is 9.96. The fraction of sp³-hybridized carbons (Fsp3) is 0.391. The minimum atomic E-state index is 0.129. The quantitative estimate of drug-likeness (QED) is 0.621. The van der Waals surface area contributed by atoms with Crippen molar-refractivity contribution in [1.29, 1.82) is 0 Å². The van der Waals surface area contributed by atoms with Crippen LogP contribution in [0.3, 0.4) is 0 Å². The Kier molecular flexibility index (Phi) is 4.97. The second-order valence-corrected chi connectivity index (χ2v) is 7.87. The van der Waals surface area contributed by atoms with E-state index in [1.165, 1.54) is 43.2 Å². The van der Waals surface area contributed by atoms with Crippen molar-refractivity contribution in [3.05, 3.63) is 47.5 Å². The Morgan fingerprint density at radius 2 is 1.78 bits per heavy atom. The molecule has 1 amide bonds. The summed E-state index contributed by atoms with van der Waals surface area (Å²) in [5, 5.41) is 3.04. The van der Waals surface area contributed by atoms with Gasteiger partial charge in [0.15, 0.2) is 0 Å². The molecule has 3 aromatic rings. The summed E-state index contributed by atoms with van der Waals surface area (Å²) >= 11 is 0. The van der Waals surface area contributed by atoms with Gasteiger partial charge < -0.3 is 10.3 Å². The molecule has 2 N–H and O–H groups in total. The summed E-state index contributed by atoms with van der Waals surface area (Å²) in [6.45, 7) is 4.22. The van der Waals surface area contributed by atoms with E-state index in [1.807, 2.05) is 24.3 Å². The molecule has 2 aromatic carbocycles.